The Morgan fingerprint density at radius 2 is 1.62 bits per heavy atom. The van der Waals surface area contributed by atoms with E-state index in [1.54, 1.807) is 0 Å². The summed E-state index contributed by atoms with van der Waals surface area (Å²) in [6, 6.07) is 0. The Bertz CT molecular complexity index is 190. The molecule has 0 unspecified atom stereocenters. The van der Waals surface area contributed by atoms with Crippen molar-refractivity contribution in [1.82, 2.24) is 4.90 Å². The summed E-state index contributed by atoms with van der Waals surface area (Å²) in [5.74, 6) is 0. The van der Waals surface area contributed by atoms with Gasteiger partial charge in [0.1, 0.15) is 0 Å². The van der Waals surface area contributed by atoms with Crippen LogP contribution in [0.15, 0.2) is 10.4 Å². The topological polar surface area (TPSA) is 3.24 Å². The van der Waals surface area contributed by atoms with E-state index >= 15 is 0 Å². The van der Waals surface area contributed by atoms with Crippen LogP contribution in [0.5, 0.6) is 0 Å². The molecule has 0 saturated carbocycles. The summed E-state index contributed by atoms with van der Waals surface area (Å²) in [5, 5.41) is 2.38. The quantitative estimate of drug-likeness (QED) is 0.520. The molecule has 0 aliphatic rings. The minimum absolute atomic E-state index is 0.228. The van der Waals surface area contributed by atoms with Crippen LogP contribution < -0.4 is 0 Å². The Morgan fingerprint density at radius 3 is 1.85 bits per heavy atom. The third-order valence-electron chi connectivity index (χ3n) is 2.48. The van der Waals surface area contributed by atoms with E-state index in [-0.39, 0.29) is 5.41 Å². The summed E-state index contributed by atoms with van der Waals surface area (Å²) in [7, 11) is 1.04. The van der Waals surface area contributed by atoms with Crippen LogP contribution in [0, 0.1) is 5.41 Å². The third-order valence-corrected chi connectivity index (χ3v) is 5.29. The average Bonchev–Trinajstić information content (AvgIpc) is 2.03. The standard InChI is InChI=1S/C10H22ClNSi/c1-6-12(7-2)9(11)8(13)10(3,4)5/h6-7H2,1-5,13H3. The molecule has 0 N–H and O–H groups in total. The monoisotopic (exact) mass is 219 g/mol. The fourth-order valence-electron chi connectivity index (χ4n) is 1.05. The van der Waals surface area contributed by atoms with Gasteiger partial charge in [-0.05, 0) is 19.3 Å². The molecule has 0 aromatic rings. The highest BCUT2D eigenvalue weighted by atomic mass is 35.5. The zero-order chi connectivity index (χ0) is 10.6. The first kappa shape index (κ1) is 13.0. The van der Waals surface area contributed by atoms with Crippen molar-refractivity contribution < 1.29 is 0 Å². The van der Waals surface area contributed by atoms with E-state index in [0.717, 1.165) is 28.5 Å². The van der Waals surface area contributed by atoms with E-state index in [2.05, 4.69) is 39.5 Å². The van der Waals surface area contributed by atoms with Crippen LogP contribution in [-0.4, -0.2) is 28.2 Å². The van der Waals surface area contributed by atoms with Crippen LogP contribution >= 0.6 is 11.6 Å². The SMILES string of the molecule is CCN(CC)C(Cl)=C([SiH3])C(C)(C)C. The molecule has 0 heterocycles. The molecule has 3 heteroatoms. The van der Waals surface area contributed by atoms with E-state index in [9.17, 15) is 0 Å². The molecule has 13 heavy (non-hydrogen) atoms. The molecule has 78 valence electrons. The van der Waals surface area contributed by atoms with Crippen molar-refractivity contribution in [2.75, 3.05) is 13.1 Å². The second-order valence-corrected chi connectivity index (χ2v) is 5.70. The lowest BCUT2D eigenvalue weighted by Gasteiger charge is -2.28. The van der Waals surface area contributed by atoms with Gasteiger partial charge in [-0.1, -0.05) is 37.6 Å². The molecule has 0 bridgehead atoms. The maximum atomic E-state index is 6.32. The summed E-state index contributed by atoms with van der Waals surface area (Å²) < 4.78 is 0. The summed E-state index contributed by atoms with van der Waals surface area (Å²) in [6.07, 6.45) is 0. The van der Waals surface area contributed by atoms with Crippen molar-refractivity contribution >= 4 is 21.8 Å². The first-order valence-corrected chi connectivity index (χ1v) is 6.34. The molecule has 0 aliphatic heterocycles. The van der Waals surface area contributed by atoms with Crippen LogP contribution in [-0.2, 0) is 0 Å². The number of rotatable bonds is 3. The lowest BCUT2D eigenvalue weighted by molar-refractivity contribution is 0.391. The molecule has 0 aliphatic carbocycles. The smallest absolute Gasteiger partial charge is 0.0991 e. The minimum atomic E-state index is 0.228. The molecule has 0 radical (unpaired) electrons. The Kier molecular flexibility index (Phi) is 5.08. The molecule has 0 aromatic heterocycles. The molecule has 0 amide bonds. The molecule has 0 fully saturated rings. The van der Waals surface area contributed by atoms with Crippen LogP contribution in [0.25, 0.3) is 0 Å². The summed E-state index contributed by atoms with van der Waals surface area (Å²) in [4.78, 5) is 2.22. The molecule has 0 saturated heterocycles. The van der Waals surface area contributed by atoms with Gasteiger partial charge >= 0.3 is 0 Å². The highest BCUT2D eigenvalue weighted by Gasteiger charge is 2.18. The molecular weight excluding hydrogens is 198 g/mol. The van der Waals surface area contributed by atoms with Gasteiger partial charge in [0.2, 0.25) is 0 Å². The van der Waals surface area contributed by atoms with Crippen molar-refractivity contribution in [2.24, 2.45) is 5.41 Å². The molecule has 0 atom stereocenters. The summed E-state index contributed by atoms with van der Waals surface area (Å²) in [6.45, 7) is 12.9. The van der Waals surface area contributed by atoms with Gasteiger partial charge in [-0.15, -0.1) is 0 Å². The lowest BCUT2D eigenvalue weighted by atomic mass is 9.96. The Balaban J connectivity index is 4.79. The third kappa shape index (κ3) is 3.73. The molecular formula is C10H22ClNSi. The first-order valence-electron chi connectivity index (χ1n) is 4.96. The Hall–Kier alpha value is 0.0469. The highest BCUT2D eigenvalue weighted by molar-refractivity contribution is 6.36. The number of allylic oxidation sites excluding steroid dienone is 1. The number of halogens is 1. The normalized spacial score (nSPS) is 14.3. The molecule has 0 spiro atoms. The van der Waals surface area contributed by atoms with E-state index in [1.165, 1.54) is 5.20 Å². The maximum Gasteiger partial charge on any atom is 0.0991 e. The van der Waals surface area contributed by atoms with Crippen LogP contribution in [0.1, 0.15) is 34.6 Å². The van der Waals surface area contributed by atoms with Crippen molar-refractivity contribution in [2.45, 2.75) is 34.6 Å². The average molecular weight is 220 g/mol. The predicted molar refractivity (Wildman–Crippen MR) is 65.2 cm³/mol. The number of nitrogens with zero attached hydrogens (tertiary/aromatic N) is 1. The zero-order valence-corrected chi connectivity index (χ0v) is 12.5. The van der Waals surface area contributed by atoms with Gasteiger partial charge < -0.3 is 4.90 Å². The Labute approximate surface area is 90.6 Å². The predicted octanol–water partition coefficient (Wildman–Crippen LogP) is 2.15. The van der Waals surface area contributed by atoms with E-state index in [1.807, 2.05) is 0 Å². The van der Waals surface area contributed by atoms with Gasteiger partial charge in [0.05, 0.1) is 5.16 Å². The van der Waals surface area contributed by atoms with Gasteiger partial charge in [0, 0.05) is 23.3 Å². The second-order valence-electron chi connectivity index (χ2n) is 4.34. The first-order chi connectivity index (χ1) is 5.84. The Morgan fingerprint density at radius 1 is 1.23 bits per heavy atom. The summed E-state index contributed by atoms with van der Waals surface area (Å²) in [5.41, 5.74) is 0.228. The number of hydrogen-bond donors (Lipinski definition) is 0. The largest absolute Gasteiger partial charge is 0.363 e. The highest BCUT2D eigenvalue weighted by Crippen LogP contribution is 2.28. The van der Waals surface area contributed by atoms with Crippen LogP contribution in [0.3, 0.4) is 0 Å². The van der Waals surface area contributed by atoms with E-state index in [0.29, 0.717) is 0 Å². The van der Waals surface area contributed by atoms with Crippen molar-refractivity contribution in [3.8, 4) is 0 Å². The number of hydrogen-bond acceptors (Lipinski definition) is 1. The second kappa shape index (κ2) is 5.06. The van der Waals surface area contributed by atoms with Gasteiger partial charge in [-0.25, -0.2) is 0 Å². The van der Waals surface area contributed by atoms with Gasteiger partial charge in [0.15, 0.2) is 0 Å². The summed E-state index contributed by atoms with van der Waals surface area (Å²) >= 11 is 6.32. The van der Waals surface area contributed by atoms with Crippen molar-refractivity contribution in [3.05, 3.63) is 10.4 Å². The van der Waals surface area contributed by atoms with Gasteiger partial charge in [-0.3, -0.25) is 0 Å². The lowest BCUT2D eigenvalue weighted by Crippen LogP contribution is -2.24. The van der Waals surface area contributed by atoms with Crippen molar-refractivity contribution in [3.63, 3.8) is 0 Å². The van der Waals surface area contributed by atoms with E-state index < -0.39 is 0 Å². The molecule has 0 rings (SSSR count). The van der Waals surface area contributed by atoms with Gasteiger partial charge in [0.25, 0.3) is 0 Å². The van der Waals surface area contributed by atoms with Crippen LogP contribution in [0.4, 0.5) is 0 Å². The molecule has 0 aromatic carbocycles. The van der Waals surface area contributed by atoms with Gasteiger partial charge in [-0.2, -0.15) is 0 Å². The van der Waals surface area contributed by atoms with Crippen molar-refractivity contribution in [1.29, 1.82) is 0 Å². The molecule has 1 nitrogen and oxygen atoms in total. The minimum Gasteiger partial charge on any atom is -0.363 e. The maximum absolute atomic E-state index is 6.32. The van der Waals surface area contributed by atoms with Crippen LogP contribution in [0.2, 0.25) is 0 Å². The van der Waals surface area contributed by atoms with E-state index in [4.69, 9.17) is 11.6 Å². The fraction of sp³-hybridized carbons (Fsp3) is 0.800. The fourth-order valence-corrected chi connectivity index (χ4v) is 1.89. The zero-order valence-electron chi connectivity index (χ0n) is 9.74.